The molecular weight excluding hydrogens is 492 g/mol. The molecule has 37 heavy (non-hydrogen) atoms. The zero-order valence-electron chi connectivity index (χ0n) is 19.9. The van der Waals surface area contributed by atoms with E-state index in [0.717, 1.165) is 51.9 Å². The van der Waals surface area contributed by atoms with E-state index in [4.69, 9.17) is 10.8 Å². The monoisotopic (exact) mass is 515 g/mol. The third-order valence-electron chi connectivity index (χ3n) is 6.54. The number of imidazole rings is 1. The highest BCUT2D eigenvalue weighted by Gasteiger charge is 2.17. The molecule has 0 amide bonds. The average Bonchev–Trinajstić information content (AvgIpc) is 3.44. The molecule has 12 nitrogen and oxygen atoms in total. The summed E-state index contributed by atoms with van der Waals surface area (Å²) < 4.78 is 28.3. The number of pyridine rings is 3. The first kappa shape index (κ1) is 23.2. The molecule has 1 aliphatic heterocycles. The fourth-order valence-corrected chi connectivity index (χ4v) is 4.85. The third kappa shape index (κ3) is 4.55. The lowest BCUT2D eigenvalue weighted by molar-refractivity contribution is 0.522. The number of aromatic nitrogens is 7. The van der Waals surface area contributed by atoms with Gasteiger partial charge in [0.15, 0.2) is 5.82 Å². The maximum Gasteiger partial charge on any atom is 0.153 e. The molecule has 1 unspecified atom stereocenters. The molecule has 0 radical (unpaired) electrons. The Morgan fingerprint density at radius 3 is 2.92 bits per heavy atom. The highest BCUT2D eigenvalue weighted by molar-refractivity contribution is 7.77. The number of aryl methyl sites for hydroxylation is 2. The predicted octanol–water partition coefficient (Wildman–Crippen LogP) is 2.21. The van der Waals surface area contributed by atoms with Crippen molar-refractivity contribution in [1.29, 1.82) is 0 Å². The minimum atomic E-state index is -2.36. The number of anilines is 3. The minimum Gasteiger partial charge on any atom is -0.760 e. The van der Waals surface area contributed by atoms with Gasteiger partial charge in [0.1, 0.15) is 17.5 Å². The maximum absolute atomic E-state index is 10.9. The zero-order valence-corrected chi connectivity index (χ0v) is 20.7. The fraction of sp³-hybridized carbons (Fsp3) is 0.208. The van der Waals surface area contributed by atoms with E-state index in [1.807, 2.05) is 42.2 Å². The Bertz CT molecular complexity index is 1660. The number of hydrogen-bond acceptors (Lipinski definition) is 9. The van der Waals surface area contributed by atoms with Gasteiger partial charge in [-0.2, -0.15) is 5.10 Å². The van der Waals surface area contributed by atoms with Crippen LogP contribution in [0.4, 0.5) is 17.5 Å². The number of hydrogen-bond donors (Lipinski definition) is 3. The number of fused-ring (bicyclic) bond motifs is 3. The molecule has 0 fully saturated rings. The molecule has 4 N–H and O–H groups in total. The summed E-state index contributed by atoms with van der Waals surface area (Å²) >= 11 is -2.36. The topological polar surface area (TPSA) is 165 Å². The van der Waals surface area contributed by atoms with Gasteiger partial charge in [0.05, 0.1) is 12.2 Å². The summed E-state index contributed by atoms with van der Waals surface area (Å²) in [6.07, 6.45) is 9.70. The Morgan fingerprint density at radius 2 is 2.05 bits per heavy atom. The second-order valence-electron chi connectivity index (χ2n) is 8.80. The van der Waals surface area contributed by atoms with Crippen molar-refractivity contribution < 1.29 is 8.76 Å². The fourth-order valence-electron chi connectivity index (χ4n) is 4.57. The van der Waals surface area contributed by atoms with Crippen molar-refractivity contribution in [3.8, 4) is 11.3 Å². The van der Waals surface area contributed by atoms with Crippen molar-refractivity contribution in [2.45, 2.75) is 33.0 Å². The van der Waals surface area contributed by atoms with Gasteiger partial charge in [0, 0.05) is 84.5 Å². The van der Waals surface area contributed by atoms with E-state index in [-0.39, 0.29) is 6.54 Å². The van der Waals surface area contributed by atoms with Crippen LogP contribution in [0.1, 0.15) is 22.6 Å². The Hall–Kier alpha value is -4.20. The maximum atomic E-state index is 10.9. The van der Waals surface area contributed by atoms with Crippen LogP contribution in [0.3, 0.4) is 0 Å². The Labute approximate surface area is 214 Å². The summed E-state index contributed by atoms with van der Waals surface area (Å²) in [4.78, 5) is 17.8. The van der Waals surface area contributed by atoms with Crippen LogP contribution in [-0.2, 0) is 37.3 Å². The SMILES string of the molecule is Cc1c(CNS(=O)[O-])cncc1-c1cc2cc(Nc3cc4n(n3)Cc3nccn3CC4)ncc2c(N)n1. The molecule has 1 aliphatic rings. The second-order valence-corrected chi connectivity index (χ2v) is 9.56. The molecule has 0 saturated heterocycles. The Morgan fingerprint density at radius 1 is 1.16 bits per heavy atom. The molecule has 6 heterocycles. The lowest BCUT2D eigenvalue weighted by Gasteiger charge is -2.13. The van der Waals surface area contributed by atoms with E-state index >= 15 is 0 Å². The van der Waals surface area contributed by atoms with Gasteiger partial charge in [-0.25, -0.2) is 19.7 Å². The van der Waals surface area contributed by atoms with Gasteiger partial charge in [0.25, 0.3) is 0 Å². The number of nitrogen functional groups attached to an aromatic ring is 1. The molecule has 0 saturated carbocycles. The normalized spacial score (nSPS) is 13.7. The van der Waals surface area contributed by atoms with Crippen LogP contribution < -0.4 is 15.8 Å². The summed E-state index contributed by atoms with van der Waals surface area (Å²) in [5.41, 5.74) is 10.4. The van der Waals surface area contributed by atoms with E-state index in [2.05, 4.69) is 34.5 Å². The molecular formula is C24H23N10O2S-. The predicted molar refractivity (Wildman–Crippen MR) is 138 cm³/mol. The quantitative estimate of drug-likeness (QED) is 0.287. The van der Waals surface area contributed by atoms with Crippen LogP contribution in [0, 0.1) is 6.92 Å². The molecule has 0 bridgehead atoms. The first-order chi connectivity index (χ1) is 17.9. The first-order valence-corrected chi connectivity index (χ1v) is 12.7. The van der Waals surface area contributed by atoms with Crippen LogP contribution in [0.5, 0.6) is 0 Å². The molecule has 0 aliphatic carbocycles. The van der Waals surface area contributed by atoms with Crippen molar-refractivity contribution in [3.05, 3.63) is 71.8 Å². The molecule has 5 aromatic rings. The van der Waals surface area contributed by atoms with Gasteiger partial charge in [0.2, 0.25) is 0 Å². The van der Waals surface area contributed by atoms with Gasteiger partial charge in [-0.1, -0.05) is 0 Å². The molecule has 13 heteroatoms. The summed E-state index contributed by atoms with van der Waals surface area (Å²) in [7, 11) is 0. The molecule has 188 valence electrons. The molecule has 5 aromatic heterocycles. The highest BCUT2D eigenvalue weighted by atomic mass is 32.2. The van der Waals surface area contributed by atoms with Crippen molar-refractivity contribution in [1.82, 2.24) is 39.0 Å². The summed E-state index contributed by atoms with van der Waals surface area (Å²) in [6, 6.07) is 5.87. The second kappa shape index (κ2) is 9.35. The summed E-state index contributed by atoms with van der Waals surface area (Å²) in [5.74, 6) is 2.67. The van der Waals surface area contributed by atoms with E-state index in [9.17, 15) is 8.76 Å². The molecule has 1 atom stereocenters. The number of nitrogens with zero attached hydrogens (tertiary/aromatic N) is 7. The molecule has 6 rings (SSSR count). The minimum absolute atomic E-state index is 0.139. The van der Waals surface area contributed by atoms with Gasteiger partial charge < -0.3 is 20.2 Å². The summed E-state index contributed by atoms with van der Waals surface area (Å²) in [6.45, 7) is 3.52. The van der Waals surface area contributed by atoms with Crippen LogP contribution in [0.2, 0.25) is 0 Å². The molecule has 0 aromatic carbocycles. The van der Waals surface area contributed by atoms with Crippen LogP contribution in [-0.4, -0.2) is 43.0 Å². The first-order valence-electron chi connectivity index (χ1n) is 11.6. The lowest BCUT2D eigenvalue weighted by atomic mass is 10.0. The van der Waals surface area contributed by atoms with E-state index in [0.29, 0.717) is 29.7 Å². The summed E-state index contributed by atoms with van der Waals surface area (Å²) in [5, 5.41) is 9.60. The zero-order chi connectivity index (χ0) is 25.5. The largest absolute Gasteiger partial charge is 0.760 e. The standard InChI is InChI=1S/C24H24N10O2S/c1-14-16(10-29-37(35)36)9-26-11-18(14)20-6-15-7-21(28-12-19(15)24(25)30-20)31-22-8-17-2-4-33-5-3-27-23(33)13-34(17)32-22/h3,5-9,11-12,29H,2,4,10,13H2,1H3,(H2,25,30)(H,35,36)(H,28,31,32)/p-1. The van der Waals surface area contributed by atoms with E-state index in [1.165, 1.54) is 0 Å². The van der Waals surface area contributed by atoms with Crippen LogP contribution >= 0.6 is 0 Å². The van der Waals surface area contributed by atoms with Gasteiger partial charge >= 0.3 is 0 Å². The smallest absolute Gasteiger partial charge is 0.153 e. The van der Waals surface area contributed by atoms with Gasteiger partial charge in [-0.05, 0) is 35.6 Å². The lowest BCUT2D eigenvalue weighted by Crippen LogP contribution is -2.16. The number of nitrogens with two attached hydrogens (primary N) is 1. The Kier molecular flexibility index (Phi) is 5.87. The average molecular weight is 516 g/mol. The van der Waals surface area contributed by atoms with E-state index < -0.39 is 11.3 Å². The highest BCUT2D eigenvalue weighted by Crippen LogP contribution is 2.30. The van der Waals surface area contributed by atoms with Gasteiger partial charge in [-0.15, -0.1) is 0 Å². The van der Waals surface area contributed by atoms with Crippen LogP contribution in [0.15, 0.2) is 49.2 Å². The van der Waals surface area contributed by atoms with Crippen molar-refractivity contribution in [2.24, 2.45) is 0 Å². The van der Waals surface area contributed by atoms with Crippen molar-refractivity contribution in [3.63, 3.8) is 0 Å². The number of nitrogens with one attached hydrogen (secondary N) is 2. The van der Waals surface area contributed by atoms with Crippen molar-refractivity contribution in [2.75, 3.05) is 11.1 Å². The van der Waals surface area contributed by atoms with Gasteiger partial charge in [-0.3, -0.25) is 13.9 Å². The van der Waals surface area contributed by atoms with Crippen molar-refractivity contribution >= 4 is 39.5 Å². The van der Waals surface area contributed by atoms with Crippen LogP contribution in [0.25, 0.3) is 22.0 Å². The third-order valence-corrected chi connectivity index (χ3v) is 6.92. The van der Waals surface area contributed by atoms with E-state index in [1.54, 1.807) is 18.6 Å². The molecule has 0 spiro atoms. The Balaban J connectivity index is 1.30. The number of rotatable bonds is 6.